The SMILES string of the molecule is COc1cc(Br)c(O)c(/C=N\NC(=O)Cc2ccc(Cl)cc2)c1. The average Bonchev–Trinajstić information content (AvgIpc) is 2.53. The van der Waals surface area contributed by atoms with Gasteiger partial charge in [-0.3, -0.25) is 4.79 Å². The minimum Gasteiger partial charge on any atom is -0.506 e. The molecule has 2 N–H and O–H groups in total. The van der Waals surface area contributed by atoms with Crippen LogP contribution in [0.2, 0.25) is 5.02 Å². The standard InChI is InChI=1S/C16H14BrClN2O3/c1-23-13-7-11(16(22)14(17)8-13)9-19-20-15(21)6-10-2-4-12(18)5-3-10/h2-5,7-9,22H,6H2,1H3,(H,20,21)/b19-9-. The Morgan fingerprint density at radius 1 is 1.39 bits per heavy atom. The average molecular weight is 398 g/mol. The number of carbonyl (C=O) groups excluding carboxylic acids is 1. The first-order valence-electron chi connectivity index (χ1n) is 6.62. The van der Waals surface area contributed by atoms with E-state index in [2.05, 4.69) is 26.5 Å². The van der Waals surface area contributed by atoms with Gasteiger partial charge in [0.1, 0.15) is 11.5 Å². The van der Waals surface area contributed by atoms with Crippen molar-refractivity contribution in [3.63, 3.8) is 0 Å². The van der Waals surface area contributed by atoms with Gasteiger partial charge in [-0.2, -0.15) is 5.10 Å². The molecule has 0 atom stereocenters. The molecule has 0 radical (unpaired) electrons. The monoisotopic (exact) mass is 396 g/mol. The number of amides is 1. The maximum Gasteiger partial charge on any atom is 0.244 e. The quantitative estimate of drug-likeness (QED) is 0.599. The first-order chi connectivity index (χ1) is 11.0. The number of hydrogen-bond acceptors (Lipinski definition) is 4. The summed E-state index contributed by atoms with van der Waals surface area (Å²) in [6, 6.07) is 10.2. The number of nitrogens with zero attached hydrogens (tertiary/aromatic N) is 1. The molecule has 0 aliphatic rings. The number of halogens is 2. The lowest BCUT2D eigenvalue weighted by atomic mass is 10.1. The lowest BCUT2D eigenvalue weighted by molar-refractivity contribution is -0.120. The smallest absolute Gasteiger partial charge is 0.244 e. The topological polar surface area (TPSA) is 70.9 Å². The summed E-state index contributed by atoms with van der Waals surface area (Å²) in [7, 11) is 1.52. The van der Waals surface area contributed by atoms with Gasteiger partial charge in [0, 0.05) is 10.6 Å². The van der Waals surface area contributed by atoms with Gasteiger partial charge in [0.15, 0.2) is 0 Å². The Labute approximate surface area is 147 Å². The first kappa shape index (κ1) is 17.3. The number of hydrazone groups is 1. The summed E-state index contributed by atoms with van der Waals surface area (Å²) in [6.07, 6.45) is 1.53. The number of phenolic OH excluding ortho intramolecular Hbond substituents is 1. The minimum absolute atomic E-state index is 0.0153. The lowest BCUT2D eigenvalue weighted by Gasteiger charge is -2.06. The normalized spacial score (nSPS) is 10.7. The molecular weight excluding hydrogens is 384 g/mol. The third kappa shape index (κ3) is 4.97. The Kier molecular flexibility index (Phi) is 6.01. The number of methoxy groups -OCH3 is 1. The van der Waals surface area contributed by atoms with Crippen LogP contribution < -0.4 is 10.2 Å². The van der Waals surface area contributed by atoms with Crippen LogP contribution in [0, 0.1) is 0 Å². The van der Waals surface area contributed by atoms with Gasteiger partial charge < -0.3 is 9.84 Å². The highest BCUT2D eigenvalue weighted by Crippen LogP contribution is 2.31. The molecular formula is C16H14BrClN2O3. The van der Waals surface area contributed by atoms with Crippen LogP contribution in [0.25, 0.3) is 0 Å². The van der Waals surface area contributed by atoms with Gasteiger partial charge in [0.05, 0.1) is 24.2 Å². The van der Waals surface area contributed by atoms with Crippen LogP contribution in [0.3, 0.4) is 0 Å². The second-order valence-electron chi connectivity index (χ2n) is 4.64. The highest BCUT2D eigenvalue weighted by molar-refractivity contribution is 9.10. The molecule has 0 unspecified atom stereocenters. The molecule has 0 saturated carbocycles. The Hall–Kier alpha value is -2.05. The second kappa shape index (κ2) is 7.99. The van der Waals surface area contributed by atoms with E-state index in [1.54, 1.807) is 36.4 Å². The van der Waals surface area contributed by atoms with Crippen molar-refractivity contribution in [2.75, 3.05) is 7.11 Å². The van der Waals surface area contributed by atoms with Gasteiger partial charge in [-0.25, -0.2) is 5.43 Å². The van der Waals surface area contributed by atoms with Crippen LogP contribution in [0.5, 0.6) is 11.5 Å². The van der Waals surface area contributed by atoms with Crippen molar-refractivity contribution >= 4 is 39.7 Å². The van der Waals surface area contributed by atoms with Crippen LogP contribution in [-0.2, 0) is 11.2 Å². The zero-order valence-electron chi connectivity index (χ0n) is 12.2. The number of aromatic hydroxyl groups is 1. The maximum atomic E-state index is 11.8. The highest BCUT2D eigenvalue weighted by atomic mass is 79.9. The summed E-state index contributed by atoms with van der Waals surface area (Å²) >= 11 is 9.01. The van der Waals surface area contributed by atoms with E-state index in [1.165, 1.54) is 13.3 Å². The molecule has 23 heavy (non-hydrogen) atoms. The van der Waals surface area contributed by atoms with Gasteiger partial charge in [-0.15, -0.1) is 0 Å². The van der Waals surface area contributed by atoms with Gasteiger partial charge in [-0.1, -0.05) is 23.7 Å². The van der Waals surface area contributed by atoms with Gasteiger partial charge >= 0.3 is 0 Å². The van der Waals surface area contributed by atoms with Crippen molar-refractivity contribution in [1.29, 1.82) is 0 Å². The van der Waals surface area contributed by atoms with Crippen molar-refractivity contribution in [3.05, 3.63) is 57.0 Å². The number of nitrogens with one attached hydrogen (secondary N) is 1. The van der Waals surface area contributed by atoms with Crippen molar-refractivity contribution in [2.45, 2.75) is 6.42 Å². The fourth-order valence-corrected chi connectivity index (χ4v) is 2.39. The van der Waals surface area contributed by atoms with E-state index in [1.807, 2.05) is 0 Å². The largest absolute Gasteiger partial charge is 0.506 e. The molecule has 0 aliphatic carbocycles. The summed E-state index contributed by atoms with van der Waals surface area (Å²) < 4.78 is 5.58. The first-order valence-corrected chi connectivity index (χ1v) is 7.79. The van der Waals surface area contributed by atoms with E-state index >= 15 is 0 Å². The van der Waals surface area contributed by atoms with Crippen LogP contribution >= 0.6 is 27.5 Å². The Bertz CT molecular complexity index is 733. The zero-order chi connectivity index (χ0) is 16.8. The Morgan fingerprint density at radius 3 is 2.74 bits per heavy atom. The molecule has 0 spiro atoms. The van der Waals surface area contributed by atoms with Crippen molar-refractivity contribution in [2.24, 2.45) is 5.10 Å². The van der Waals surface area contributed by atoms with Gasteiger partial charge in [-0.05, 0) is 45.8 Å². The summed E-state index contributed by atoms with van der Waals surface area (Å²) in [6.45, 7) is 0. The number of carbonyl (C=O) groups is 1. The van der Waals surface area contributed by atoms with Crippen LogP contribution in [0.1, 0.15) is 11.1 Å². The third-order valence-electron chi connectivity index (χ3n) is 2.97. The molecule has 120 valence electrons. The number of phenols is 1. The van der Waals surface area contributed by atoms with Crippen molar-refractivity contribution < 1.29 is 14.6 Å². The third-order valence-corrected chi connectivity index (χ3v) is 3.83. The molecule has 2 rings (SSSR count). The van der Waals surface area contributed by atoms with Gasteiger partial charge in [0.2, 0.25) is 5.91 Å². The summed E-state index contributed by atoms with van der Waals surface area (Å²) in [5, 5.41) is 14.4. The number of benzene rings is 2. The van der Waals surface area contributed by atoms with Gasteiger partial charge in [0.25, 0.3) is 0 Å². The molecule has 0 bridgehead atoms. The highest BCUT2D eigenvalue weighted by Gasteiger charge is 2.07. The predicted octanol–water partition coefficient (Wildman–Crippen LogP) is 3.51. The van der Waals surface area contributed by atoms with E-state index in [-0.39, 0.29) is 18.1 Å². The molecule has 0 heterocycles. The summed E-state index contributed by atoms with van der Waals surface area (Å²) in [4.78, 5) is 11.8. The molecule has 5 nitrogen and oxygen atoms in total. The predicted molar refractivity (Wildman–Crippen MR) is 93.3 cm³/mol. The molecule has 0 aliphatic heterocycles. The molecule has 0 aromatic heterocycles. The Morgan fingerprint density at radius 2 is 2.09 bits per heavy atom. The summed E-state index contributed by atoms with van der Waals surface area (Å²) in [5.74, 6) is 0.301. The van der Waals surface area contributed by atoms with Crippen molar-refractivity contribution in [1.82, 2.24) is 5.43 Å². The molecule has 0 saturated heterocycles. The second-order valence-corrected chi connectivity index (χ2v) is 5.93. The van der Waals surface area contributed by atoms with Crippen LogP contribution in [0.15, 0.2) is 46.0 Å². The van der Waals surface area contributed by atoms with Crippen LogP contribution in [0.4, 0.5) is 0 Å². The van der Waals surface area contributed by atoms with E-state index in [0.29, 0.717) is 20.8 Å². The number of ether oxygens (including phenoxy) is 1. The molecule has 2 aromatic carbocycles. The molecule has 0 fully saturated rings. The molecule has 1 amide bonds. The Balaban J connectivity index is 2.00. The molecule has 7 heteroatoms. The molecule has 2 aromatic rings. The zero-order valence-corrected chi connectivity index (χ0v) is 14.6. The number of hydrogen-bond donors (Lipinski definition) is 2. The van der Waals surface area contributed by atoms with E-state index in [9.17, 15) is 9.90 Å². The fourth-order valence-electron chi connectivity index (χ4n) is 1.81. The maximum absolute atomic E-state index is 11.8. The van der Waals surface area contributed by atoms with Crippen LogP contribution in [-0.4, -0.2) is 24.3 Å². The summed E-state index contributed by atoms with van der Waals surface area (Å²) in [5.41, 5.74) is 3.66. The van der Waals surface area contributed by atoms with E-state index in [4.69, 9.17) is 16.3 Å². The minimum atomic E-state index is -0.273. The fraction of sp³-hybridized carbons (Fsp3) is 0.125. The lowest BCUT2D eigenvalue weighted by Crippen LogP contribution is -2.19. The van der Waals surface area contributed by atoms with Crippen molar-refractivity contribution in [3.8, 4) is 11.5 Å². The van der Waals surface area contributed by atoms with E-state index < -0.39 is 0 Å². The van der Waals surface area contributed by atoms with E-state index in [0.717, 1.165) is 5.56 Å². The number of rotatable bonds is 5.